The van der Waals surface area contributed by atoms with E-state index >= 15 is 0 Å². The third kappa shape index (κ3) is 3.76. The molecule has 1 fully saturated rings. The number of rotatable bonds is 4. The molecule has 0 radical (unpaired) electrons. The lowest BCUT2D eigenvalue weighted by Crippen LogP contribution is -2.36. The number of hydrogen-bond acceptors (Lipinski definition) is 6. The minimum atomic E-state index is -1.13. The molecular formula is C24H23N5O4. The first-order valence-electron chi connectivity index (χ1n) is 10.7. The van der Waals surface area contributed by atoms with E-state index in [-0.39, 0.29) is 11.3 Å². The first-order chi connectivity index (χ1) is 15.9. The van der Waals surface area contributed by atoms with Gasteiger partial charge in [-0.05, 0) is 42.3 Å². The monoisotopic (exact) mass is 445 g/mol. The summed E-state index contributed by atoms with van der Waals surface area (Å²) in [6, 6.07) is 12.8. The van der Waals surface area contributed by atoms with Crippen molar-refractivity contribution in [3.8, 4) is 16.8 Å². The van der Waals surface area contributed by atoms with Crippen LogP contribution in [0.25, 0.3) is 27.8 Å². The predicted octanol–water partition coefficient (Wildman–Crippen LogP) is 2.63. The number of anilines is 1. The van der Waals surface area contributed by atoms with Crippen LogP contribution < -0.4 is 10.5 Å². The number of carboxylic acid groups (broad SMARTS) is 1. The molecule has 0 atom stereocenters. The number of nitrogens with zero attached hydrogens (tertiary/aromatic N) is 5. The van der Waals surface area contributed by atoms with Gasteiger partial charge in [0.15, 0.2) is 11.3 Å². The molecule has 4 aromatic rings. The third-order valence-corrected chi connectivity index (χ3v) is 5.92. The maximum absolute atomic E-state index is 12.2. The number of carbonyl (C=O) groups is 1. The standard InChI is InChI=1S/C24H23N5O4/c1-15-22-19(16-3-5-17(6-4-16)28-9-11-33-12-10-28)14-20(24(31)32)25-23(22)29(26-15)18-7-8-27(2)21(30)13-18/h3-8,13-14H,9-12H2,1-2H3,(H,31,32). The van der Waals surface area contributed by atoms with Crippen molar-refractivity contribution in [2.45, 2.75) is 6.92 Å². The van der Waals surface area contributed by atoms with Crippen molar-refractivity contribution >= 4 is 22.7 Å². The van der Waals surface area contributed by atoms with E-state index in [0.29, 0.717) is 30.2 Å². The average molecular weight is 445 g/mol. The van der Waals surface area contributed by atoms with Crippen LogP contribution in [0.15, 0.2) is 53.5 Å². The Balaban J connectivity index is 1.67. The zero-order valence-electron chi connectivity index (χ0n) is 18.4. The Morgan fingerprint density at radius 2 is 1.79 bits per heavy atom. The number of carboxylic acids is 1. The van der Waals surface area contributed by atoms with Crippen LogP contribution in [0, 0.1) is 6.92 Å². The Labute approximate surface area is 189 Å². The number of aryl methyl sites for hydroxylation is 2. The number of pyridine rings is 2. The van der Waals surface area contributed by atoms with Crippen molar-refractivity contribution in [1.82, 2.24) is 19.3 Å². The minimum absolute atomic E-state index is 0.0836. The van der Waals surface area contributed by atoms with E-state index in [2.05, 4.69) is 15.0 Å². The molecule has 1 saturated heterocycles. The lowest BCUT2D eigenvalue weighted by atomic mass is 10.0. The second kappa shape index (κ2) is 8.18. The summed E-state index contributed by atoms with van der Waals surface area (Å²) in [5, 5.41) is 15.1. The van der Waals surface area contributed by atoms with Gasteiger partial charge in [-0.25, -0.2) is 14.5 Å². The summed E-state index contributed by atoms with van der Waals surface area (Å²) in [6.07, 6.45) is 1.65. The molecule has 0 aliphatic carbocycles. The molecule has 5 rings (SSSR count). The van der Waals surface area contributed by atoms with E-state index in [9.17, 15) is 14.7 Å². The molecule has 168 valence electrons. The molecule has 1 aliphatic rings. The fourth-order valence-electron chi connectivity index (χ4n) is 4.15. The SMILES string of the molecule is Cc1nn(-c2ccn(C)c(=O)c2)c2nc(C(=O)O)cc(-c3ccc(N4CCOCC4)cc3)c12. The Hall–Kier alpha value is -3.98. The van der Waals surface area contributed by atoms with Crippen LogP contribution in [0.1, 0.15) is 16.2 Å². The van der Waals surface area contributed by atoms with Crippen LogP contribution >= 0.6 is 0 Å². The smallest absolute Gasteiger partial charge is 0.354 e. The van der Waals surface area contributed by atoms with Gasteiger partial charge in [0.2, 0.25) is 0 Å². The number of hydrogen-bond donors (Lipinski definition) is 1. The van der Waals surface area contributed by atoms with Gasteiger partial charge in [-0.2, -0.15) is 5.10 Å². The van der Waals surface area contributed by atoms with Crippen LogP contribution in [0.5, 0.6) is 0 Å². The van der Waals surface area contributed by atoms with Crippen LogP contribution in [0.2, 0.25) is 0 Å². The van der Waals surface area contributed by atoms with E-state index in [4.69, 9.17) is 4.74 Å². The lowest BCUT2D eigenvalue weighted by Gasteiger charge is -2.29. The number of aromatic nitrogens is 4. The highest BCUT2D eigenvalue weighted by Gasteiger charge is 2.20. The maximum atomic E-state index is 12.2. The topological polar surface area (TPSA) is 102 Å². The molecule has 3 aromatic heterocycles. The van der Waals surface area contributed by atoms with Crippen molar-refractivity contribution < 1.29 is 14.6 Å². The van der Waals surface area contributed by atoms with E-state index < -0.39 is 5.97 Å². The Kier molecular flexibility index (Phi) is 5.18. The van der Waals surface area contributed by atoms with Gasteiger partial charge in [0.1, 0.15) is 0 Å². The predicted molar refractivity (Wildman–Crippen MR) is 124 cm³/mol. The molecule has 4 heterocycles. The quantitative estimate of drug-likeness (QED) is 0.515. The number of benzene rings is 1. The zero-order valence-corrected chi connectivity index (χ0v) is 18.4. The number of aromatic carboxylic acids is 1. The van der Waals surface area contributed by atoms with Crippen molar-refractivity contribution in [1.29, 1.82) is 0 Å². The summed E-state index contributed by atoms with van der Waals surface area (Å²) >= 11 is 0. The van der Waals surface area contributed by atoms with Crippen molar-refractivity contribution in [3.05, 3.63) is 70.4 Å². The maximum Gasteiger partial charge on any atom is 0.354 e. The molecular weight excluding hydrogens is 422 g/mol. The zero-order chi connectivity index (χ0) is 23.1. The van der Waals surface area contributed by atoms with Gasteiger partial charge in [0.05, 0.1) is 30.0 Å². The lowest BCUT2D eigenvalue weighted by molar-refractivity contribution is 0.0691. The summed E-state index contributed by atoms with van der Waals surface area (Å²) in [4.78, 5) is 30.7. The van der Waals surface area contributed by atoms with Crippen LogP contribution in [0.4, 0.5) is 5.69 Å². The van der Waals surface area contributed by atoms with Crippen molar-refractivity contribution in [2.24, 2.45) is 7.05 Å². The van der Waals surface area contributed by atoms with E-state index in [1.165, 1.54) is 15.3 Å². The van der Waals surface area contributed by atoms with Gasteiger partial charge in [-0.15, -0.1) is 0 Å². The van der Waals surface area contributed by atoms with Crippen molar-refractivity contribution in [3.63, 3.8) is 0 Å². The molecule has 0 bridgehead atoms. The summed E-state index contributed by atoms with van der Waals surface area (Å²) in [5.74, 6) is -1.13. The molecule has 1 aromatic carbocycles. The highest BCUT2D eigenvalue weighted by Crippen LogP contribution is 2.33. The molecule has 1 aliphatic heterocycles. The van der Waals surface area contributed by atoms with Crippen LogP contribution in [-0.2, 0) is 11.8 Å². The molecule has 9 nitrogen and oxygen atoms in total. The van der Waals surface area contributed by atoms with Gasteiger partial charge in [-0.3, -0.25) is 4.79 Å². The number of morpholine rings is 1. The first-order valence-corrected chi connectivity index (χ1v) is 10.7. The fourth-order valence-corrected chi connectivity index (χ4v) is 4.15. The van der Waals surface area contributed by atoms with Gasteiger partial charge in [-0.1, -0.05) is 12.1 Å². The Bertz CT molecular complexity index is 1420. The van der Waals surface area contributed by atoms with E-state index in [0.717, 1.165) is 35.3 Å². The molecule has 33 heavy (non-hydrogen) atoms. The average Bonchev–Trinajstić information content (AvgIpc) is 3.17. The summed E-state index contributed by atoms with van der Waals surface area (Å²) in [5.41, 5.74) is 4.04. The highest BCUT2D eigenvalue weighted by molar-refractivity contribution is 6.00. The molecule has 1 N–H and O–H groups in total. The fraction of sp³-hybridized carbons (Fsp3) is 0.250. The van der Waals surface area contributed by atoms with Gasteiger partial charge >= 0.3 is 5.97 Å². The minimum Gasteiger partial charge on any atom is -0.477 e. The Morgan fingerprint density at radius 3 is 2.45 bits per heavy atom. The molecule has 0 amide bonds. The molecule has 0 unspecified atom stereocenters. The second-order valence-electron chi connectivity index (χ2n) is 8.04. The molecule has 9 heteroatoms. The van der Waals surface area contributed by atoms with E-state index in [1.807, 2.05) is 31.2 Å². The second-order valence-corrected chi connectivity index (χ2v) is 8.04. The number of ether oxygens (including phenoxy) is 1. The van der Waals surface area contributed by atoms with Gasteiger partial charge in [0, 0.05) is 38.1 Å². The van der Waals surface area contributed by atoms with Gasteiger partial charge in [0.25, 0.3) is 5.56 Å². The Morgan fingerprint density at radius 1 is 1.06 bits per heavy atom. The summed E-state index contributed by atoms with van der Waals surface area (Å²) < 4.78 is 8.42. The summed E-state index contributed by atoms with van der Waals surface area (Å²) in [7, 11) is 1.66. The first kappa shape index (κ1) is 20.9. The third-order valence-electron chi connectivity index (χ3n) is 5.92. The largest absolute Gasteiger partial charge is 0.477 e. The van der Waals surface area contributed by atoms with E-state index in [1.54, 1.807) is 25.4 Å². The van der Waals surface area contributed by atoms with Crippen LogP contribution in [0.3, 0.4) is 0 Å². The normalized spacial score (nSPS) is 14.1. The molecule has 0 spiro atoms. The van der Waals surface area contributed by atoms with Gasteiger partial charge < -0.3 is 19.3 Å². The highest BCUT2D eigenvalue weighted by atomic mass is 16.5. The summed E-state index contributed by atoms with van der Waals surface area (Å²) in [6.45, 7) is 4.94. The van der Waals surface area contributed by atoms with Crippen LogP contribution in [-0.4, -0.2) is 56.7 Å². The number of fused-ring (bicyclic) bond motifs is 1. The van der Waals surface area contributed by atoms with Crippen molar-refractivity contribution in [2.75, 3.05) is 31.2 Å². The molecule has 0 saturated carbocycles.